The lowest BCUT2D eigenvalue weighted by atomic mass is 9.90. The van der Waals surface area contributed by atoms with Crippen molar-refractivity contribution in [2.45, 2.75) is 19.3 Å². The summed E-state index contributed by atoms with van der Waals surface area (Å²) < 4.78 is 27.0. The van der Waals surface area contributed by atoms with E-state index in [0.717, 1.165) is 32.0 Å². The summed E-state index contributed by atoms with van der Waals surface area (Å²) in [6.07, 6.45) is 4.87. The Bertz CT molecular complexity index is 729. The van der Waals surface area contributed by atoms with E-state index < -0.39 is 11.8 Å². The first kappa shape index (κ1) is 16.3. The van der Waals surface area contributed by atoms with Gasteiger partial charge in [0.2, 0.25) is 0 Å². The van der Waals surface area contributed by atoms with Crippen molar-refractivity contribution in [1.29, 1.82) is 0 Å². The van der Waals surface area contributed by atoms with Crippen LogP contribution in [0.4, 0.5) is 14.6 Å². The summed E-state index contributed by atoms with van der Waals surface area (Å²) in [5.74, 6) is -0.976. The van der Waals surface area contributed by atoms with Gasteiger partial charge in [0.15, 0.2) is 5.69 Å². The van der Waals surface area contributed by atoms with Crippen molar-refractivity contribution in [1.82, 2.24) is 9.97 Å². The van der Waals surface area contributed by atoms with Crippen molar-refractivity contribution in [3.8, 4) is 0 Å². The summed E-state index contributed by atoms with van der Waals surface area (Å²) in [7, 11) is 0. The molecule has 5 nitrogen and oxygen atoms in total. The highest BCUT2D eigenvalue weighted by molar-refractivity contribution is 5.84. The third-order valence-electron chi connectivity index (χ3n) is 4.31. The third kappa shape index (κ3) is 3.67. The van der Waals surface area contributed by atoms with Crippen molar-refractivity contribution in [2.75, 3.05) is 18.0 Å². The maximum Gasteiger partial charge on any atom is 0.356 e. The fraction of sp³-hybridized carbons (Fsp3) is 0.353. The lowest BCUT2D eigenvalue weighted by molar-refractivity contribution is 0.0690. The highest BCUT2D eigenvalue weighted by Crippen LogP contribution is 2.25. The van der Waals surface area contributed by atoms with Gasteiger partial charge in [-0.15, -0.1) is 0 Å². The smallest absolute Gasteiger partial charge is 0.356 e. The summed E-state index contributed by atoms with van der Waals surface area (Å²) in [6.45, 7) is 1.45. The van der Waals surface area contributed by atoms with Crippen LogP contribution in [0.25, 0.3) is 0 Å². The molecule has 0 saturated carbocycles. The Hall–Kier alpha value is -2.57. The van der Waals surface area contributed by atoms with E-state index in [1.807, 2.05) is 4.90 Å². The molecule has 0 aliphatic carbocycles. The zero-order chi connectivity index (χ0) is 17.1. The van der Waals surface area contributed by atoms with Gasteiger partial charge >= 0.3 is 5.97 Å². The van der Waals surface area contributed by atoms with E-state index in [1.165, 1.54) is 24.5 Å². The quantitative estimate of drug-likeness (QED) is 0.932. The van der Waals surface area contributed by atoms with Gasteiger partial charge in [0.1, 0.15) is 17.5 Å². The summed E-state index contributed by atoms with van der Waals surface area (Å²) in [6, 6.07) is 3.55. The Morgan fingerprint density at radius 1 is 1.21 bits per heavy atom. The maximum atomic E-state index is 13.7. The monoisotopic (exact) mass is 333 g/mol. The number of aromatic nitrogens is 2. The second-order valence-electron chi connectivity index (χ2n) is 5.94. The highest BCUT2D eigenvalue weighted by atomic mass is 19.1. The van der Waals surface area contributed by atoms with Gasteiger partial charge in [0, 0.05) is 13.1 Å². The molecule has 0 atom stereocenters. The molecule has 2 heterocycles. The van der Waals surface area contributed by atoms with Crippen LogP contribution in [0.3, 0.4) is 0 Å². The second-order valence-corrected chi connectivity index (χ2v) is 5.94. The Labute approximate surface area is 138 Å². The number of carboxylic acids is 1. The van der Waals surface area contributed by atoms with Gasteiger partial charge in [-0.25, -0.2) is 23.5 Å². The van der Waals surface area contributed by atoms with Crippen molar-refractivity contribution in [3.63, 3.8) is 0 Å². The number of hydrogen-bond donors (Lipinski definition) is 1. The number of hydrogen-bond acceptors (Lipinski definition) is 4. The van der Waals surface area contributed by atoms with Gasteiger partial charge in [-0.05, 0) is 48.9 Å². The molecule has 1 N–H and O–H groups in total. The molecule has 1 aliphatic heterocycles. The number of nitrogens with zero attached hydrogens (tertiary/aromatic N) is 3. The van der Waals surface area contributed by atoms with Crippen LogP contribution in [0.2, 0.25) is 0 Å². The van der Waals surface area contributed by atoms with Crippen LogP contribution in [0.15, 0.2) is 30.6 Å². The van der Waals surface area contributed by atoms with Crippen molar-refractivity contribution in [3.05, 3.63) is 53.5 Å². The molecule has 7 heteroatoms. The average Bonchev–Trinajstić information content (AvgIpc) is 2.59. The van der Waals surface area contributed by atoms with Gasteiger partial charge in [-0.3, -0.25) is 0 Å². The lowest BCUT2D eigenvalue weighted by Crippen LogP contribution is -2.35. The summed E-state index contributed by atoms with van der Waals surface area (Å²) >= 11 is 0. The topological polar surface area (TPSA) is 66.3 Å². The number of carbonyl (C=O) groups is 1. The van der Waals surface area contributed by atoms with E-state index in [4.69, 9.17) is 5.11 Å². The Morgan fingerprint density at radius 2 is 1.96 bits per heavy atom. The minimum atomic E-state index is -1.11. The van der Waals surface area contributed by atoms with Gasteiger partial charge < -0.3 is 10.0 Å². The maximum absolute atomic E-state index is 13.7. The minimum Gasteiger partial charge on any atom is -0.476 e. The van der Waals surface area contributed by atoms with Gasteiger partial charge in [0.25, 0.3) is 0 Å². The largest absolute Gasteiger partial charge is 0.476 e. The molecule has 24 heavy (non-hydrogen) atoms. The standard InChI is InChI=1S/C17H17F2N3O2/c18-13-1-2-14(19)12(8-13)7-11-3-5-22(6-4-11)16-10-20-15(9-21-16)17(23)24/h1-2,8-11H,3-7H2,(H,23,24). The van der Waals surface area contributed by atoms with Crippen molar-refractivity contribution < 1.29 is 18.7 Å². The van der Waals surface area contributed by atoms with E-state index in [1.54, 1.807) is 0 Å². The third-order valence-corrected chi connectivity index (χ3v) is 4.31. The number of aromatic carboxylic acids is 1. The predicted molar refractivity (Wildman–Crippen MR) is 84.0 cm³/mol. The summed E-state index contributed by atoms with van der Waals surface area (Å²) in [4.78, 5) is 20.8. The Kier molecular flexibility index (Phi) is 4.69. The molecule has 0 spiro atoms. The molecule has 1 aromatic heterocycles. The SMILES string of the molecule is O=C(O)c1cnc(N2CCC(Cc3cc(F)ccc3F)CC2)cn1. The number of rotatable bonds is 4. The average molecular weight is 333 g/mol. The molecule has 1 fully saturated rings. The van der Waals surface area contributed by atoms with E-state index >= 15 is 0 Å². The summed E-state index contributed by atoms with van der Waals surface area (Å²) in [5.41, 5.74) is 0.328. The Morgan fingerprint density at radius 3 is 2.58 bits per heavy atom. The molecule has 0 amide bonds. The molecule has 0 bridgehead atoms. The zero-order valence-electron chi connectivity index (χ0n) is 13.0. The van der Waals surface area contributed by atoms with Crippen LogP contribution in [0.5, 0.6) is 0 Å². The normalized spacial score (nSPS) is 15.5. The van der Waals surface area contributed by atoms with Gasteiger partial charge in [0.05, 0.1) is 12.4 Å². The fourth-order valence-corrected chi connectivity index (χ4v) is 2.97. The molecule has 0 radical (unpaired) electrons. The zero-order valence-corrected chi connectivity index (χ0v) is 13.0. The predicted octanol–water partition coefficient (Wildman–Crippen LogP) is 2.91. The summed E-state index contributed by atoms with van der Waals surface area (Å²) in [5, 5.41) is 8.83. The first-order valence-corrected chi connectivity index (χ1v) is 7.77. The van der Waals surface area contributed by atoms with Crippen molar-refractivity contribution in [2.24, 2.45) is 5.92 Å². The molecule has 3 rings (SSSR count). The van der Waals surface area contributed by atoms with E-state index in [-0.39, 0.29) is 17.4 Å². The Balaban J connectivity index is 1.59. The number of carboxylic acid groups (broad SMARTS) is 1. The number of halogens is 2. The van der Waals surface area contributed by atoms with E-state index in [2.05, 4.69) is 9.97 Å². The minimum absolute atomic E-state index is 0.0878. The molecule has 1 aromatic carbocycles. The van der Waals surface area contributed by atoms with E-state index in [0.29, 0.717) is 17.8 Å². The molecule has 2 aromatic rings. The molecule has 126 valence electrons. The molecule has 0 unspecified atom stereocenters. The highest BCUT2D eigenvalue weighted by Gasteiger charge is 2.22. The van der Waals surface area contributed by atoms with Crippen molar-refractivity contribution >= 4 is 11.8 Å². The molecule has 1 saturated heterocycles. The van der Waals surface area contributed by atoms with Gasteiger partial charge in [-0.2, -0.15) is 0 Å². The number of anilines is 1. The van der Waals surface area contributed by atoms with Crippen LogP contribution in [-0.4, -0.2) is 34.1 Å². The van der Waals surface area contributed by atoms with Crippen LogP contribution in [-0.2, 0) is 6.42 Å². The van der Waals surface area contributed by atoms with E-state index in [9.17, 15) is 13.6 Å². The molecular formula is C17H17F2N3O2. The van der Waals surface area contributed by atoms with Crippen LogP contribution in [0.1, 0.15) is 28.9 Å². The first-order valence-electron chi connectivity index (χ1n) is 7.77. The lowest BCUT2D eigenvalue weighted by Gasteiger charge is -2.32. The van der Waals surface area contributed by atoms with Crippen LogP contribution < -0.4 is 4.90 Å². The first-order chi connectivity index (χ1) is 11.5. The molecular weight excluding hydrogens is 316 g/mol. The van der Waals surface area contributed by atoms with Gasteiger partial charge in [-0.1, -0.05) is 0 Å². The molecule has 1 aliphatic rings. The van der Waals surface area contributed by atoms with Crippen LogP contribution in [0, 0.1) is 17.6 Å². The van der Waals surface area contributed by atoms with Crippen LogP contribution >= 0.6 is 0 Å². The fourth-order valence-electron chi connectivity index (χ4n) is 2.97. The number of piperidine rings is 1. The second kappa shape index (κ2) is 6.90. The number of benzene rings is 1.